The molecule has 0 radical (unpaired) electrons. The summed E-state index contributed by atoms with van der Waals surface area (Å²) in [7, 11) is -3.44. The maximum Gasteiger partial charge on any atom is 0.244 e. The summed E-state index contributed by atoms with van der Waals surface area (Å²) in [4.78, 5) is 4.32. The van der Waals surface area contributed by atoms with Gasteiger partial charge >= 0.3 is 0 Å². The average Bonchev–Trinajstić information content (AvgIpc) is 3.05. The molecule has 1 aliphatic rings. The van der Waals surface area contributed by atoms with Gasteiger partial charge in [-0.2, -0.15) is 4.31 Å². The van der Waals surface area contributed by atoms with E-state index in [4.69, 9.17) is 0 Å². The summed E-state index contributed by atoms with van der Waals surface area (Å²) >= 11 is 0. The molecule has 116 valence electrons. The number of nitrogens with zero attached hydrogens (tertiary/aromatic N) is 2. The molecule has 1 aromatic carbocycles. The van der Waals surface area contributed by atoms with Crippen LogP contribution in [0.4, 0.5) is 15.9 Å². The number of benzene rings is 1. The highest BCUT2D eigenvalue weighted by molar-refractivity contribution is 7.89. The van der Waals surface area contributed by atoms with Crippen molar-refractivity contribution in [1.29, 1.82) is 0 Å². The van der Waals surface area contributed by atoms with E-state index in [2.05, 4.69) is 10.3 Å². The molecular weight excluding hydrogens is 305 g/mol. The number of pyridine rings is 1. The van der Waals surface area contributed by atoms with Gasteiger partial charge in [-0.15, -0.1) is 0 Å². The van der Waals surface area contributed by atoms with Gasteiger partial charge in [0.05, 0.1) is 0 Å². The molecule has 1 fully saturated rings. The van der Waals surface area contributed by atoms with Crippen LogP contribution in [0.15, 0.2) is 47.5 Å². The SMILES string of the molecule is O=S(=O)(c1ccc(Nc2ccc(F)cc2)nc1)N1CCCC1. The van der Waals surface area contributed by atoms with Crippen LogP contribution < -0.4 is 5.32 Å². The third-order valence-corrected chi connectivity index (χ3v) is 5.44. The lowest BCUT2D eigenvalue weighted by Gasteiger charge is -2.15. The van der Waals surface area contributed by atoms with Gasteiger partial charge in [-0.1, -0.05) is 0 Å². The highest BCUT2D eigenvalue weighted by Crippen LogP contribution is 2.22. The Balaban J connectivity index is 1.76. The first kappa shape index (κ1) is 14.9. The third kappa shape index (κ3) is 3.10. The van der Waals surface area contributed by atoms with Gasteiger partial charge in [0.1, 0.15) is 16.5 Å². The van der Waals surface area contributed by atoms with Crippen molar-refractivity contribution in [1.82, 2.24) is 9.29 Å². The fourth-order valence-electron chi connectivity index (χ4n) is 2.37. The fraction of sp³-hybridized carbons (Fsp3) is 0.267. The van der Waals surface area contributed by atoms with Crippen molar-refractivity contribution in [2.75, 3.05) is 18.4 Å². The molecule has 5 nitrogen and oxygen atoms in total. The van der Waals surface area contributed by atoms with Crippen LogP contribution in [0.1, 0.15) is 12.8 Å². The molecule has 1 N–H and O–H groups in total. The highest BCUT2D eigenvalue weighted by Gasteiger charge is 2.27. The molecule has 0 spiro atoms. The molecule has 0 saturated carbocycles. The van der Waals surface area contributed by atoms with Gasteiger partial charge < -0.3 is 5.32 Å². The molecule has 0 bridgehead atoms. The van der Waals surface area contributed by atoms with E-state index in [9.17, 15) is 12.8 Å². The van der Waals surface area contributed by atoms with Crippen LogP contribution in [0.2, 0.25) is 0 Å². The number of rotatable bonds is 4. The number of anilines is 2. The summed E-state index contributed by atoms with van der Waals surface area (Å²) in [5.74, 6) is 0.192. The lowest BCUT2D eigenvalue weighted by atomic mass is 10.3. The van der Waals surface area contributed by atoms with E-state index in [1.54, 1.807) is 18.2 Å². The maximum absolute atomic E-state index is 12.8. The fourth-order valence-corrected chi connectivity index (χ4v) is 3.83. The Kier molecular flexibility index (Phi) is 4.08. The lowest BCUT2D eigenvalue weighted by molar-refractivity contribution is 0.477. The van der Waals surface area contributed by atoms with Crippen molar-refractivity contribution in [2.45, 2.75) is 17.7 Å². The first-order valence-corrected chi connectivity index (χ1v) is 8.48. The van der Waals surface area contributed by atoms with Crippen LogP contribution in [-0.2, 0) is 10.0 Å². The van der Waals surface area contributed by atoms with Crippen LogP contribution in [0.3, 0.4) is 0 Å². The quantitative estimate of drug-likeness (QED) is 0.940. The molecule has 3 rings (SSSR count). The first-order valence-electron chi connectivity index (χ1n) is 7.04. The Morgan fingerprint density at radius 1 is 1.05 bits per heavy atom. The lowest BCUT2D eigenvalue weighted by Crippen LogP contribution is -2.27. The van der Waals surface area contributed by atoms with Crippen molar-refractivity contribution < 1.29 is 12.8 Å². The second kappa shape index (κ2) is 6.02. The largest absolute Gasteiger partial charge is 0.340 e. The second-order valence-corrected chi connectivity index (χ2v) is 7.06. The van der Waals surface area contributed by atoms with Gasteiger partial charge in [0.2, 0.25) is 10.0 Å². The van der Waals surface area contributed by atoms with Crippen LogP contribution in [-0.4, -0.2) is 30.8 Å². The molecule has 0 aliphatic carbocycles. The monoisotopic (exact) mass is 321 g/mol. The van der Waals surface area contributed by atoms with E-state index < -0.39 is 10.0 Å². The number of hydrogen-bond donors (Lipinski definition) is 1. The summed E-state index contributed by atoms with van der Waals surface area (Å²) in [5, 5.41) is 2.99. The Labute approximate surface area is 128 Å². The topological polar surface area (TPSA) is 62.3 Å². The summed E-state index contributed by atoms with van der Waals surface area (Å²) in [6, 6.07) is 9.00. The molecule has 0 unspecified atom stereocenters. The Hall–Kier alpha value is -1.99. The molecule has 1 aliphatic heterocycles. The molecule has 2 aromatic rings. The van der Waals surface area contributed by atoms with Crippen LogP contribution in [0, 0.1) is 5.82 Å². The number of hydrogen-bond acceptors (Lipinski definition) is 4. The van der Waals surface area contributed by atoms with Crippen molar-refractivity contribution >= 4 is 21.5 Å². The van der Waals surface area contributed by atoms with Crippen molar-refractivity contribution in [3.8, 4) is 0 Å². The van der Waals surface area contributed by atoms with Crippen molar-refractivity contribution in [3.63, 3.8) is 0 Å². The van der Waals surface area contributed by atoms with Gasteiger partial charge in [-0.3, -0.25) is 0 Å². The third-order valence-electron chi connectivity index (χ3n) is 3.56. The Morgan fingerprint density at radius 2 is 1.73 bits per heavy atom. The van der Waals surface area contributed by atoms with Gasteiger partial charge in [0.15, 0.2) is 0 Å². The smallest absolute Gasteiger partial charge is 0.244 e. The Morgan fingerprint density at radius 3 is 2.32 bits per heavy atom. The zero-order valence-electron chi connectivity index (χ0n) is 11.9. The van der Waals surface area contributed by atoms with Crippen molar-refractivity contribution in [2.24, 2.45) is 0 Å². The van der Waals surface area contributed by atoms with Crippen molar-refractivity contribution in [3.05, 3.63) is 48.4 Å². The zero-order valence-corrected chi connectivity index (χ0v) is 12.7. The van der Waals surface area contributed by atoms with E-state index in [1.165, 1.54) is 28.7 Å². The van der Waals surface area contributed by atoms with Gasteiger partial charge in [-0.05, 0) is 49.2 Å². The molecule has 1 aromatic heterocycles. The summed E-state index contributed by atoms with van der Waals surface area (Å²) in [6.45, 7) is 1.13. The normalized spacial score (nSPS) is 15.9. The standard InChI is InChI=1S/C15H16FN3O2S/c16-12-3-5-13(6-4-12)18-15-8-7-14(11-17-15)22(20,21)19-9-1-2-10-19/h3-8,11H,1-2,9-10H2,(H,17,18). The van der Waals surface area contributed by atoms with E-state index in [0.717, 1.165) is 12.8 Å². The van der Waals surface area contributed by atoms with Crippen LogP contribution in [0.5, 0.6) is 0 Å². The minimum Gasteiger partial charge on any atom is -0.340 e. The average molecular weight is 321 g/mol. The van der Waals surface area contributed by atoms with Gasteiger partial charge in [0.25, 0.3) is 0 Å². The molecule has 0 atom stereocenters. The number of sulfonamides is 1. The number of halogens is 1. The van der Waals surface area contributed by atoms with E-state index in [-0.39, 0.29) is 10.7 Å². The van der Waals surface area contributed by atoms with E-state index in [1.807, 2.05) is 0 Å². The molecule has 22 heavy (non-hydrogen) atoms. The van der Waals surface area contributed by atoms with Gasteiger partial charge in [0, 0.05) is 25.0 Å². The predicted molar refractivity (Wildman–Crippen MR) is 81.9 cm³/mol. The second-order valence-electron chi connectivity index (χ2n) is 5.12. The molecule has 0 amide bonds. The van der Waals surface area contributed by atoms with Crippen LogP contribution >= 0.6 is 0 Å². The number of aromatic nitrogens is 1. The van der Waals surface area contributed by atoms with E-state index >= 15 is 0 Å². The summed E-state index contributed by atoms with van der Waals surface area (Å²) < 4.78 is 39.1. The molecule has 2 heterocycles. The summed E-state index contributed by atoms with van der Waals surface area (Å²) in [6.07, 6.45) is 3.15. The molecule has 1 saturated heterocycles. The molecule has 7 heteroatoms. The molecular formula is C15H16FN3O2S. The number of nitrogens with one attached hydrogen (secondary N) is 1. The maximum atomic E-state index is 12.8. The zero-order chi connectivity index (χ0) is 15.6. The minimum atomic E-state index is -3.44. The van der Waals surface area contributed by atoms with E-state index in [0.29, 0.717) is 24.6 Å². The summed E-state index contributed by atoms with van der Waals surface area (Å²) in [5.41, 5.74) is 0.684. The first-order chi connectivity index (χ1) is 10.6. The predicted octanol–water partition coefficient (Wildman–Crippen LogP) is 2.75. The van der Waals surface area contributed by atoms with Gasteiger partial charge in [-0.25, -0.2) is 17.8 Å². The highest BCUT2D eigenvalue weighted by atomic mass is 32.2. The Bertz CT molecular complexity index is 739. The minimum absolute atomic E-state index is 0.194. The van der Waals surface area contributed by atoms with Crippen LogP contribution in [0.25, 0.3) is 0 Å².